The van der Waals surface area contributed by atoms with Gasteiger partial charge >= 0.3 is 0 Å². The third-order valence-corrected chi connectivity index (χ3v) is 3.43. The minimum atomic E-state index is 0.152. The second-order valence-corrected chi connectivity index (χ2v) is 4.49. The second kappa shape index (κ2) is 4.29. The molecule has 1 aliphatic rings. The van der Waals surface area contributed by atoms with Gasteiger partial charge in [0, 0.05) is 18.5 Å². The van der Waals surface area contributed by atoms with Crippen LogP contribution >= 0.6 is 11.3 Å². The molecular formula is C12H15N2S. The Bertz CT molecular complexity index is 329. The normalized spacial score (nSPS) is 17.7. The quantitative estimate of drug-likeness (QED) is 0.684. The summed E-state index contributed by atoms with van der Waals surface area (Å²) in [4.78, 5) is 6.70. The van der Waals surface area contributed by atoms with Gasteiger partial charge in [-0.3, -0.25) is 4.90 Å². The van der Waals surface area contributed by atoms with Gasteiger partial charge in [0.1, 0.15) is 0 Å². The van der Waals surface area contributed by atoms with Crippen LogP contribution in [0.25, 0.3) is 0 Å². The van der Waals surface area contributed by atoms with Gasteiger partial charge in [0.2, 0.25) is 0 Å². The molecule has 0 amide bonds. The zero-order chi connectivity index (χ0) is 10.7. The Kier molecular flexibility index (Phi) is 3.03. The van der Waals surface area contributed by atoms with Crippen molar-refractivity contribution in [2.45, 2.75) is 18.4 Å². The number of thiazole rings is 1. The van der Waals surface area contributed by atoms with Gasteiger partial charge in [0.05, 0.1) is 11.2 Å². The minimum Gasteiger partial charge on any atom is -0.285 e. The summed E-state index contributed by atoms with van der Waals surface area (Å²) in [6, 6.07) is 0. The number of hydrogen-bond donors (Lipinski definition) is 0. The molecule has 15 heavy (non-hydrogen) atoms. The average molecular weight is 219 g/mol. The maximum absolute atomic E-state index is 4.32. The van der Waals surface area contributed by atoms with E-state index in [2.05, 4.69) is 33.9 Å². The molecular weight excluding hydrogens is 204 g/mol. The predicted molar refractivity (Wildman–Crippen MR) is 63.8 cm³/mol. The first-order chi connectivity index (χ1) is 7.33. The van der Waals surface area contributed by atoms with Crippen LogP contribution in [0.15, 0.2) is 30.7 Å². The van der Waals surface area contributed by atoms with Crippen molar-refractivity contribution >= 4 is 11.3 Å². The molecule has 0 spiro atoms. The maximum Gasteiger partial charge on any atom is 0.152 e. The van der Waals surface area contributed by atoms with Crippen molar-refractivity contribution in [1.82, 2.24) is 9.88 Å². The summed E-state index contributed by atoms with van der Waals surface area (Å²) in [6.45, 7) is 9.39. The monoisotopic (exact) mass is 219 g/mol. The van der Waals surface area contributed by atoms with Crippen molar-refractivity contribution in [1.29, 1.82) is 0 Å². The standard InChI is InChI=1S/C12H15N2S/c1-3-7-14(8-4-2)12(5-6-12)11-9-15-10-13-11/h3-4,9H,1-2,5-8H2. The topological polar surface area (TPSA) is 16.1 Å². The summed E-state index contributed by atoms with van der Waals surface area (Å²) in [6.07, 6.45) is 6.26. The Morgan fingerprint density at radius 3 is 2.53 bits per heavy atom. The van der Waals surface area contributed by atoms with Crippen molar-refractivity contribution < 1.29 is 0 Å². The molecule has 2 rings (SSSR count). The molecule has 0 unspecified atom stereocenters. The Labute approximate surface area is 95.0 Å². The van der Waals surface area contributed by atoms with Crippen LogP contribution in [-0.4, -0.2) is 23.0 Å². The Morgan fingerprint density at radius 2 is 2.13 bits per heavy atom. The zero-order valence-electron chi connectivity index (χ0n) is 8.78. The first kappa shape index (κ1) is 10.6. The Balaban J connectivity index is 2.19. The maximum atomic E-state index is 4.32. The molecule has 1 aromatic heterocycles. The van der Waals surface area contributed by atoms with Gasteiger partial charge in [-0.05, 0) is 12.8 Å². The summed E-state index contributed by atoms with van der Waals surface area (Å²) in [7, 11) is 0. The van der Waals surface area contributed by atoms with E-state index in [-0.39, 0.29) is 5.54 Å². The molecule has 1 radical (unpaired) electrons. The summed E-state index contributed by atoms with van der Waals surface area (Å²) < 4.78 is 0. The van der Waals surface area contributed by atoms with Gasteiger partial charge in [-0.15, -0.1) is 24.5 Å². The minimum absolute atomic E-state index is 0.152. The molecule has 1 aliphatic carbocycles. The van der Waals surface area contributed by atoms with Crippen LogP contribution in [0.3, 0.4) is 0 Å². The van der Waals surface area contributed by atoms with E-state index in [4.69, 9.17) is 0 Å². The smallest absolute Gasteiger partial charge is 0.152 e. The lowest BCUT2D eigenvalue weighted by atomic mass is 10.1. The molecule has 1 aromatic rings. The van der Waals surface area contributed by atoms with Crippen LogP contribution in [0.1, 0.15) is 18.5 Å². The highest BCUT2D eigenvalue weighted by atomic mass is 32.1. The Morgan fingerprint density at radius 1 is 1.47 bits per heavy atom. The van der Waals surface area contributed by atoms with Crippen LogP contribution in [0.2, 0.25) is 0 Å². The largest absolute Gasteiger partial charge is 0.285 e. The van der Waals surface area contributed by atoms with Crippen LogP contribution in [0.4, 0.5) is 0 Å². The second-order valence-electron chi connectivity index (χ2n) is 3.84. The molecule has 2 nitrogen and oxygen atoms in total. The highest BCUT2D eigenvalue weighted by Gasteiger charge is 2.50. The summed E-state index contributed by atoms with van der Waals surface area (Å²) in [5.74, 6) is 0. The average Bonchev–Trinajstić information content (AvgIpc) is 2.86. The molecule has 1 saturated carbocycles. The predicted octanol–water partition coefficient (Wildman–Crippen LogP) is 2.61. The first-order valence-corrected chi connectivity index (χ1v) is 6.00. The van der Waals surface area contributed by atoms with Crippen molar-refractivity contribution in [3.63, 3.8) is 0 Å². The first-order valence-electron chi connectivity index (χ1n) is 5.12. The number of nitrogens with zero attached hydrogens (tertiary/aromatic N) is 2. The van der Waals surface area contributed by atoms with Gasteiger partial charge < -0.3 is 0 Å². The summed E-state index contributed by atoms with van der Waals surface area (Å²) >= 11 is 1.55. The van der Waals surface area contributed by atoms with E-state index in [1.165, 1.54) is 12.8 Å². The number of rotatable bonds is 6. The van der Waals surface area contributed by atoms with E-state index in [9.17, 15) is 0 Å². The number of aromatic nitrogens is 1. The third-order valence-electron chi connectivity index (χ3n) is 2.89. The van der Waals surface area contributed by atoms with E-state index in [1.54, 1.807) is 11.3 Å². The molecule has 0 aliphatic heterocycles. The van der Waals surface area contributed by atoms with Crippen LogP contribution in [0.5, 0.6) is 0 Å². The van der Waals surface area contributed by atoms with Gasteiger partial charge in [-0.2, -0.15) is 0 Å². The van der Waals surface area contributed by atoms with E-state index >= 15 is 0 Å². The summed E-state index contributed by atoms with van der Waals surface area (Å²) in [5, 5.41) is 2.10. The zero-order valence-corrected chi connectivity index (χ0v) is 9.59. The van der Waals surface area contributed by atoms with E-state index in [0.29, 0.717) is 0 Å². The van der Waals surface area contributed by atoms with Gasteiger partial charge in [0.25, 0.3) is 0 Å². The highest BCUT2D eigenvalue weighted by Crippen LogP contribution is 2.50. The van der Waals surface area contributed by atoms with Crippen molar-refractivity contribution in [2.24, 2.45) is 0 Å². The van der Waals surface area contributed by atoms with E-state index in [0.717, 1.165) is 18.8 Å². The van der Waals surface area contributed by atoms with Crippen LogP contribution in [0, 0.1) is 5.51 Å². The van der Waals surface area contributed by atoms with Gasteiger partial charge in [-0.1, -0.05) is 12.2 Å². The molecule has 0 N–H and O–H groups in total. The van der Waals surface area contributed by atoms with Crippen molar-refractivity contribution in [3.05, 3.63) is 41.9 Å². The number of hydrogen-bond acceptors (Lipinski definition) is 3. The third kappa shape index (κ3) is 1.90. The molecule has 0 saturated heterocycles. The molecule has 79 valence electrons. The SMILES string of the molecule is C=CCN(CC=C)C1(c2cs[c]n2)CC1. The van der Waals surface area contributed by atoms with Crippen LogP contribution < -0.4 is 0 Å². The van der Waals surface area contributed by atoms with Crippen molar-refractivity contribution in [2.75, 3.05) is 13.1 Å². The molecule has 0 bridgehead atoms. The lowest BCUT2D eigenvalue weighted by molar-refractivity contribution is 0.216. The molecule has 3 heteroatoms. The molecule has 1 fully saturated rings. The van der Waals surface area contributed by atoms with Crippen molar-refractivity contribution in [3.8, 4) is 0 Å². The lowest BCUT2D eigenvalue weighted by Crippen LogP contribution is -2.35. The van der Waals surface area contributed by atoms with Gasteiger partial charge in [-0.25, -0.2) is 4.98 Å². The lowest BCUT2D eigenvalue weighted by Gasteiger charge is -2.28. The fourth-order valence-electron chi connectivity index (χ4n) is 1.99. The van der Waals surface area contributed by atoms with Crippen LogP contribution in [-0.2, 0) is 5.54 Å². The molecule has 0 aromatic carbocycles. The fourth-order valence-corrected chi connectivity index (χ4v) is 2.57. The Hall–Kier alpha value is -0.930. The molecule has 1 heterocycles. The fraction of sp³-hybridized carbons (Fsp3) is 0.417. The molecule has 0 atom stereocenters. The summed E-state index contributed by atoms with van der Waals surface area (Å²) in [5.41, 5.74) is 4.24. The highest BCUT2D eigenvalue weighted by molar-refractivity contribution is 7.07. The van der Waals surface area contributed by atoms with E-state index < -0.39 is 0 Å². The van der Waals surface area contributed by atoms with Gasteiger partial charge in [0.15, 0.2) is 5.51 Å². The van der Waals surface area contributed by atoms with E-state index in [1.807, 2.05) is 12.2 Å².